The number of piperidine rings is 2. The van der Waals surface area contributed by atoms with Crippen molar-refractivity contribution in [1.29, 1.82) is 0 Å². The van der Waals surface area contributed by atoms with Crippen molar-refractivity contribution in [2.24, 2.45) is 22.7 Å². The van der Waals surface area contributed by atoms with Gasteiger partial charge in [0.05, 0.1) is 0 Å². The van der Waals surface area contributed by atoms with Gasteiger partial charge in [0.1, 0.15) is 0 Å². The van der Waals surface area contributed by atoms with E-state index in [0.717, 1.165) is 11.8 Å². The van der Waals surface area contributed by atoms with E-state index in [1.54, 1.807) is 0 Å². The molecule has 0 aliphatic carbocycles. The Labute approximate surface area is 139 Å². The van der Waals surface area contributed by atoms with Crippen LogP contribution in [0.1, 0.15) is 67.2 Å². The SMILES string of the molecule is CC(C)(C)CN1CCC(C2CCN(CC(C)(C)C)CC2)CC1. The summed E-state index contributed by atoms with van der Waals surface area (Å²) < 4.78 is 0. The van der Waals surface area contributed by atoms with Crippen LogP contribution in [0.5, 0.6) is 0 Å². The number of hydrogen-bond acceptors (Lipinski definition) is 2. The van der Waals surface area contributed by atoms with E-state index in [2.05, 4.69) is 51.3 Å². The van der Waals surface area contributed by atoms with Gasteiger partial charge in [-0.1, -0.05) is 41.5 Å². The van der Waals surface area contributed by atoms with E-state index in [-0.39, 0.29) is 0 Å². The molecule has 2 aliphatic rings. The fourth-order valence-corrected chi connectivity index (χ4v) is 4.51. The predicted molar refractivity (Wildman–Crippen MR) is 97.2 cm³/mol. The molecule has 2 saturated heterocycles. The van der Waals surface area contributed by atoms with E-state index in [1.165, 1.54) is 65.0 Å². The van der Waals surface area contributed by atoms with Gasteiger partial charge in [-0.2, -0.15) is 0 Å². The number of nitrogens with zero attached hydrogens (tertiary/aromatic N) is 2. The largest absolute Gasteiger partial charge is 0.303 e. The summed E-state index contributed by atoms with van der Waals surface area (Å²) in [6.45, 7) is 22.1. The zero-order valence-corrected chi connectivity index (χ0v) is 16.1. The minimum absolute atomic E-state index is 0.450. The highest BCUT2D eigenvalue weighted by atomic mass is 15.1. The molecular weight excluding hydrogens is 268 g/mol. The molecule has 0 N–H and O–H groups in total. The van der Waals surface area contributed by atoms with Gasteiger partial charge in [0.15, 0.2) is 0 Å². The summed E-state index contributed by atoms with van der Waals surface area (Å²) in [5.41, 5.74) is 0.899. The smallest absolute Gasteiger partial charge is 0.00300 e. The lowest BCUT2D eigenvalue weighted by atomic mass is 9.78. The van der Waals surface area contributed by atoms with E-state index in [9.17, 15) is 0 Å². The highest BCUT2D eigenvalue weighted by Crippen LogP contribution is 2.34. The van der Waals surface area contributed by atoms with Gasteiger partial charge < -0.3 is 9.80 Å². The summed E-state index contributed by atoms with van der Waals surface area (Å²) in [7, 11) is 0. The van der Waals surface area contributed by atoms with E-state index in [1.807, 2.05) is 0 Å². The van der Waals surface area contributed by atoms with Crippen molar-refractivity contribution < 1.29 is 0 Å². The van der Waals surface area contributed by atoms with Crippen molar-refractivity contribution in [2.75, 3.05) is 39.3 Å². The molecule has 0 saturated carbocycles. The molecule has 2 rings (SSSR count). The average Bonchev–Trinajstić information content (AvgIpc) is 2.37. The van der Waals surface area contributed by atoms with Crippen LogP contribution in [0.4, 0.5) is 0 Å². The third kappa shape index (κ3) is 6.20. The molecule has 2 heteroatoms. The molecule has 0 aromatic carbocycles. The van der Waals surface area contributed by atoms with Crippen LogP contribution in [0, 0.1) is 22.7 Å². The zero-order chi connectivity index (χ0) is 16.4. The van der Waals surface area contributed by atoms with Crippen molar-refractivity contribution in [1.82, 2.24) is 9.80 Å². The van der Waals surface area contributed by atoms with Crippen LogP contribution in [0.2, 0.25) is 0 Å². The van der Waals surface area contributed by atoms with Crippen molar-refractivity contribution in [3.63, 3.8) is 0 Å². The molecule has 2 nitrogen and oxygen atoms in total. The minimum Gasteiger partial charge on any atom is -0.303 e. The topological polar surface area (TPSA) is 6.48 Å². The molecule has 0 aromatic rings. The van der Waals surface area contributed by atoms with Gasteiger partial charge in [-0.3, -0.25) is 0 Å². The molecule has 2 aliphatic heterocycles. The van der Waals surface area contributed by atoms with E-state index in [4.69, 9.17) is 0 Å². The highest BCUT2D eigenvalue weighted by molar-refractivity contribution is 4.84. The molecule has 0 radical (unpaired) electrons. The van der Waals surface area contributed by atoms with Crippen molar-refractivity contribution in [2.45, 2.75) is 67.2 Å². The standard InChI is InChI=1S/C20H40N2/c1-19(2,3)15-21-11-7-17(8-12-21)18-9-13-22(14-10-18)16-20(4,5)6/h17-18H,7-16H2,1-6H3. The quantitative estimate of drug-likeness (QED) is 0.757. The van der Waals surface area contributed by atoms with Gasteiger partial charge >= 0.3 is 0 Å². The van der Waals surface area contributed by atoms with Crippen LogP contribution in [-0.4, -0.2) is 49.1 Å². The summed E-state index contributed by atoms with van der Waals surface area (Å²) in [5.74, 6) is 2.01. The number of rotatable bonds is 3. The number of hydrogen-bond donors (Lipinski definition) is 0. The van der Waals surface area contributed by atoms with Gasteiger partial charge in [0.25, 0.3) is 0 Å². The van der Waals surface area contributed by atoms with Crippen molar-refractivity contribution in [3.05, 3.63) is 0 Å². The molecule has 0 atom stereocenters. The Morgan fingerprint density at radius 3 is 1.09 bits per heavy atom. The van der Waals surface area contributed by atoms with Crippen molar-refractivity contribution >= 4 is 0 Å². The monoisotopic (exact) mass is 308 g/mol. The molecule has 0 unspecified atom stereocenters. The summed E-state index contributed by atoms with van der Waals surface area (Å²) >= 11 is 0. The average molecular weight is 309 g/mol. The lowest BCUT2D eigenvalue weighted by molar-refractivity contribution is 0.0710. The Hall–Kier alpha value is -0.0800. The zero-order valence-electron chi connectivity index (χ0n) is 16.1. The van der Waals surface area contributed by atoms with Gasteiger partial charge in [-0.15, -0.1) is 0 Å². The third-order valence-corrected chi connectivity index (χ3v) is 5.33. The van der Waals surface area contributed by atoms with Gasteiger partial charge in [-0.25, -0.2) is 0 Å². The first-order valence-electron chi connectivity index (χ1n) is 9.57. The van der Waals surface area contributed by atoms with Crippen LogP contribution in [0.15, 0.2) is 0 Å². The minimum atomic E-state index is 0.450. The first-order chi connectivity index (χ1) is 10.1. The molecule has 0 spiro atoms. The van der Waals surface area contributed by atoms with Gasteiger partial charge in [0, 0.05) is 13.1 Å². The van der Waals surface area contributed by atoms with Gasteiger partial charge in [-0.05, 0) is 74.5 Å². The van der Waals surface area contributed by atoms with Crippen molar-refractivity contribution in [3.8, 4) is 0 Å². The maximum atomic E-state index is 2.70. The van der Waals surface area contributed by atoms with Crippen LogP contribution in [0.25, 0.3) is 0 Å². The second-order valence-corrected chi connectivity index (χ2v) is 10.3. The lowest BCUT2D eigenvalue weighted by Gasteiger charge is -2.42. The highest BCUT2D eigenvalue weighted by Gasteiger charge is 2.31. The summed E-state index contributed by atoms with van der Waals surface area (Å²) in [6.07, 6.45) is 5.78. The summed E-state index contributed by atoms with van der Waals surface area (Å²) in [4.78, 5) is 5.40. The Balaban J connectivity index is 1.70. The van der Waals surface area contributed by atoms with Crippen LogP contribution < -0.4 is 0 Å². The van der Waals surface area contributed by atoms with Crippen LogP contribution in [0.3, 0.4) is 0 Å². The van der Waals surface area contributed by atoms with Crippen LogP contribution in [-0.2, 0) is 0 Å². The molecule has 0 aromatic heterocycles. The lowest BCUT2D eigenvalue weighted by Crippen LogP contribution is -2.44. The Morgan fingerprint density at radius 1 is 0.591 bits per heavy atom. The molecule has 22 heavy (non-hydrogen) atoms. The molecule has 2 fully saturated rings. The third-order valence-electron chi connectivity index (χ3n) is 5.33. The second-order valence-electron chi connectivity index (χ2n) is 10.3. The fraction of sp³-hybridized carbons (Fsp3) is 1.00. The molecule has 0 bridgehead atoms. The van der Waals surface area contributed by atoms with Gasteiger partial charge in [0.2, 0.25) is 0 Å². The summed E-state index contributed by atoms with van der Waals surface area (Å²) in [6, 6.07) is 0. The maximum Gasteiger partial charge on any atom is 0.00300 e. The molecule has 2 heterocycles. The number of likely N-dealkylation sites (tertiary alicyclic amines) is 2. The second kappa shape index (κ2) is 7.21. The van der Waals surface area contributed by atoms with E-state index < -0.39 is 0 Å². The Kier molecular flexibility index (Phi) is 5.99. The van der Waals surface area contributed by atoms with E-state index >= 15 is 0 Å². The molecule has 130 valence electrons. The molecular formula is C20H40N2. The maximum absolute atomic E-state index is 2.70. The Morgan fingerprint density at radius 2 is 0.864 bits per heavy atom. The van der Waals surface area contributed by atoms with Crippen LogP contribution >= 0.6 is 0 Å². The first-order valence-corrected chi connectivity index (χ1v) is 9.57. The summed E-state index contributed by atoms with van der Waals surface area (Å²) in [5, 5.41) is 0. The fourth-order valence-electron chi connectivity index (χ4n) is 4.51. The normalized spacial score (nSPS) is 24.8. The van der Waals surface area contributed by atoms with E-state index in [0.29, 0.717) is 10.8 Å². The first kappa shape index (κ1) is 18.3. The Bertz CT molecular complexity index is 287. The molecule has 0 amide bonds. The predicted octanol–water partition coefficient (Wildman–Crippen LogP) is 4.50.